The van der Waals surface area contributed by atoms with Crippen LogP contribution in [-0.4, -0.2) is 37.2 Å². The molecule has 0 amide bonds. The van der Waals surface area contributed by atoms with Crippen molar-refractivity contribution < 1.29 is 28.6 Å². The minimum Gasteiger partial charge on any atom is -0.462 e. The third-order valence-electron chi connectivity index (χ3n) is 12.0. The van der Waals surface area contributed by atoms with E-state index in [2.05, 4.69) is 34.6 Å². The van der Waals surface area contributed by atoms with Gasteiger partial charge in [-0.25, -0.2) is 0 Å². The highest BCUT2D eigenvalue weighted by atomic mass is 16.6. The standard InChI is InChI=1S/C53H102O6/c1-6-7-8-9-10-11-12-16-20-23-28-33-38-43-51(54)57-46-50(47-58-52(55)44-39-34-30-25-27-32-37-42-49(4)5)59-53(56)45-40-35-29-24-21-18-15-13-14-17-19-22-26-31-36-41-48(2)3/h48-50H,6-47H2,1-5H3/t50-/m0/s1. The molecule has 0 N–H and O–H groups in total. The fourth-order valence-electron chi connectivity index (χ4n) is 7.99. The van der Waals surface area contributed by atoms with E-state index in [4.69, 9.17) is 14.2 Å². The van der Waals surface area contributed by atoms with E-state index < -0.39 is 6.10 Å². The summed E-state index contributed by atoms with van der Waals surface area (Å²) in [4.78, 5) is 37.9. The number of esters is 3. The number of rotatable bonds is 47. The SMILES string of the molecule is CCCCCCCCCCCCCCCC(=O)OC[C@@H](COC(=O)CCCCCCCCCC(C)C)OC(=O)CCCCCCCCCCCCCCCCCC(C)C. The quantitative estimate of drug-likeness (QED) is 0.0345. The highest BCUT2D eigenvalue weighted by molar-refractivity contribution is 5.71. The molecule has 0 unspecified atom stereocenters. The Labute approximate surface area is 368 Å². The summed E-state index contributed by atoms with van der Waals surface area (Å²) >= 11 is 0. The van der Waals surface area contributed by atoms with E-state index in [1.807, 2.05) is 0 Å². The van der Waals surface area contributed by atoms with Crippen LogP contribution in [0.3, 0.4) is 0 Å². The molecular weight excluding hydrogens is 733 g/mol. The Morgan fingerprint density at radius 2 is 0.559 bits per heavy atom. The maximum absolute atomic E-state index is 12.8. The fourth-order valence-corrected chi connectivity index (χ4v) is 7.99. The molecule has 0 spiro atoms. The van der Waals surface area contributed by atoms with Gasteiger partial charge in [-0.2, -0.15) is 0 Å². The van der Waals surface area contributed by atoms with Crippen molar-refractivity contribution in [3.05, 3.63) is 0 Å². The van der Waals surface area contributed by atoms with Crippen molar-refractivity contribution in [3.8, 4) is 0 Å². The second-order valence-electron chi connectivity index (χ2n) is 19.1. The molecule has 0 aromatic heterocycles. The van der Waals surface area contributed by atoms with Gasteiger partial charge in [0.05, 0.1) is 0 Å². The molecule has 0 rings (SSSR count). The Morgan fingerprint density at radius 1 is 0.322 bits per heavy atom. The Morgan fingerprint density at radius 3 is 0.831 bits per heavy atom. The maximum Gasteiger partial charge on any atom is 0.306 e. The van der Waals surface area contributed by atoms with E-state index in [-0.39, 0.29) is 31.1 Å². The summed E-state index contributed by atoms with van der Waals surface area (Å²) in [6.45, 7) is 11.3. The number of hydrogen-bond donors (Lipinski definition) is 0. The maximum atomic E-state index is 12.8. The van der Waals surface area contributed by atoms with Gasteiger partial charge < -0.3 is 14.2 Å². The van der Waals surface area contributed by atoms with Crippen LogP contribution in [0, 0.1) is 11.8 Å². The van der Waals surface area contributed by atoms with Crippen LogP contribution >= 0.6 is 0 Å². The van der Waals surface area contributed by atoms with Gasteiger partial charge in [0, 0.05) is 19.3 Å². The van der Waals surface area contributed by atoms with Gasteiger partial charge >= 0.3 is 17.9 Å². The first kappa shape index (κ1) is 57.4. The van der Waals surface area contributed by atoms with Crippen molar-refractivity contribution in [2.24, 2.45) is 11.8 Å². The predicted octanol–water partition coefficient (Wildman–Crippen LogP) is 16.9. The molecule has 0 aromatic carbocycles. The van der Waals surface area contributed by atoms with Gasteiger partial charge in [0.1, 0.15) is 13.2 Å². The first-order valence-corrected chi connectivity index (χ1v) is 26.2. The third kappa shape index (κ3) is 47.3. The van der Waals surface area contributed by atoms with Crippen LogP contribution in [-0.2, 0) is 28.6 Å². The van der Waals surface area contributed by atoms with Crippen molar-refractivity contribution in [1.29, 1.82) is 0 Å². The van der Waals surface area contributed by atoms with Gasteiger partial charge in [0.25, 0.3) is 0 Å². The van der Waals surface area contributed by atoms with Gasteiger partial charge in [-0.05, 0) is 31.1 Å². The lowest BCUT2D eigenvalue weighted by atomic mass is 10.0. The van der Waals surface area contributed by atoms with Crippen LogP contribution in [0.5, 0.6) is 0 Å². The van der Waals surface area contributed by atoms with E-state index in [1.54, 1.807) is 0 Å². The van der Waals surface area contributed by atoms with E-state index in [0.29, 0.717) is 19.3 Å². The summed E-state index contributed by atoms with van der Waals surface area (Å²) in [6.07, 6.45) is 46.7. The highest BCUT2D eigenvalue weighted by Crippen LogP contribution is 2.17. The van der Waals surface area contributed by atoms with Crippen LogP contribution in [0.15, 0.2) is 0 Å². The van der Waals surface area contributed by atoms with Crippen molar-refractivity contribution in [2.45, 2.75) is 298 Å². The second-order valence-corrected chi connectivity index (χ2v) is 19.1. The number of carbonyl (C=O) groups excluding carboxylic acids is 3. The molecule has 0 fully saturated rings. The average molecular weight is 835 g/mol. The molecule has 0 saturated carbocycles. The lowest BCUT2D eigenvalue weighted by Crippen LogP contribution is -2.30. The van der Waals surface area contributed by atoms with Gasteiger partial charge in [-0.3, -0.25) is 14.4 Å². The molecule has 0 heterocycles. The first-order valence-electron chi connectivity index (χ1n) is 26.2. The highest BCUT2D eigenvalue weighted by Gasteiger charge is 2.19. The molecule has 59 heavy (non-hydrogen) atoms. The molecule has 6 nitrogen and oxygen atoms in total. The van der Waals surface area contributed by atoms with Gasteiger partial charge in [-0.1, -0.05) is 253 Å². The summed E-state index contributed by atoms with van der Waals surface area (Å²) in [5.74, 6) is 0.780. The van der Waals surface area contributed by atoms with Gasteiger partial charge in [-0.15, -0.1) is 0 Å². The Kier molecular flexibility index (Phi) is 44.7. The van der Waals surface area contributed by atoms with Crippen LogP contribution in [0.25, 0.3) is 0 Å². The number of unbranched alkanes of at least 4 members (excludes halogenated alkanes) is 32. The zero-order chi connectivity index (χ0) is 43.3. The number of hydrogen-bond acceptors (Lipinski definition) is 6. The lowest BCUT2D eigenvalue weighted by Gasteiger charge is -2.18. The van der Waals surface area contributed by atoms with Crippen molar-refractivity contribution >= 4 is 17.9 Å². The molecule has 0 radical (unpaired) electrons. The second kappa shape index (κ2) is 45.9. The van der Waals surface area contributed by atoms with Crippen LogP contribution in [0.2, 0.25) is 0 Å². The molecule has 350 valence electrons. The molecule has 0 aliphatic rings. The van der Waals surface area contributed by atoms with E-state index in [0.717, 1.165) is 69.6 Å². The van der Waals surface area contributed by atoms with E-state index >= 15 is 0 Å². The largest absolute Gasteiger partial charge is 0.462 e. The third-order valence-corrected chi connectivity index (χ3v) is 12.0. The number of ether oxygens (including phenoxy) is 3. The minimum absolute atomic E-state index is 0.0639. The predicted molar refractivity (Wildman–Crippen MR) is 252 cm³/mol. The molecule has 6 heteroatoms. The Bertz CT molecular complexity index is 900. The first-order chi connectivity index (χ1) is 28.7. The van der Waals surface area contributed by atoms with Crippen LogP contribution in [0.1, 0.15) is 291 Å². The summed E-state index contributed by atoms with van der Waals surface area (Å²) in [6, 6.07) is 0. The Hall–Kier alpha value is -1.59. The average Bonchev–Trinajstić information content (AvgIpc) is 3.20. The van der Waals surface area contributed by atoms with Crippen LogP contribution < -0.4 is 0 Å². The monoisotopic (exact) mass is 835 g/mol. The fraction of sp³-hybridized carbons (Fsp3) is 0.943. The number of carbonyl (C=O) groups is 3. The summed E-state index contributed by atoms with van der Waals surface area (Å²) in [5.41, 5.74) is 0. The molecule has 0 aliphatic heterocycles. The zero-order valence-electron chi connectivity index (χ0n) is 40.4. The zero-order valence-corrected chi connectivity index (χ0v) is 40.4. The molecule has 0 bridgehead atoms. The normalized spacial score (nSPS) is 12.1. The lowest BCUT2D eigenvalue weighted by molar-refractivity contribution is -0.167. The van der Waals surface area contributed by atoms with Crippen molar-refractivity contribution in [1.82, 2.24) is 0 Å². The summed E-state index contributed by atoms with van der Waals surface area (Å²) in [5, 5.41) is 0. The van der Waals surface area contributed by atoms with Crippen molar-refractivity contribution in [3.63, 3.8) is 0 Å². The van der Waals surface area contributed by atoms with Gasteiger partial charge in [0.2, 0.25) is 0 Å². The summed E-state index contributed by atoms with van der Waals surface area (Å²) < 4.78 is 16.8. The molecular formula is C53H102O6. The van der Waals surface area contributed by atoms with Crippen LogP contribution in [0.4, 0.5) is 0 Å². The topological polar surface area (TPSA) is 78.9 Å². The minimum atomic E-state index is -0.761. The molecule has 0 aliphatic carbocycles. The van der Waals surface area contributed by atoms with E-state index in [9.17, 15) is 14.4 Å². The Balaban J connectivity index is 4.27. The smallest absolute Gasteiger partial charge is 0.306 e. The molecule has 0 aromatic rings. The van der Waals surface area contributed by atoms with Crippen molar-refractivity contribution in [2.75, 3.05) is 13.2 Å². The summed E-state index contributed by atoms with van der Waals surface area (Å²) in [7, 11) is 0. The van der Waals surface area contributed by atoms with Gasteiger partial charge in [0.15, 0.2) is 6.10 Å². The molecule has 0 saturated heterocycles. The van der Waals surface area contributed by atoms with E-state index in [1.165, 1.54) is 180 Å². The molecule has 1 atom stereocenters.